The van der Waals surface area contributed by atoms with Gasteiger partial charge in [-0.05, 0) is 12.3 Å². The van der Waals surface area contributed by atoms with Crippen molar-refractivity contribution in [1.29, 1.82) is 10.5 Å². The Labute approximate surface area is 129 Å². The number of hydrogen-bond acceptors (Lipinski definition) is 7. The maximum atomic E-state index is 10.0. The number of nitrogens with two attached hydrogens (primary N) is 1. The molecule has 3 atom stereocenters. The van der Waals surface area contributed by atoms with Gasteiger partial charge in [-0.2, -0.15) is 15.6 Å². The minimum atomic E-state index is -1.50. The third-order valence-corrected chi connectivity index (χ3v) is 4.73. The first-order chi connectivity index (χ1) is 10.3. The van der Waals surface area contributed by atoms with E-state index in [2.05, 4.69) is 22.2 Å². The molecule has 0 spiro atoms. The molecule has 1 aliphatic heterocycles. The first-order valence-electron chi connectivity index (χ1n) is 6.91. The number of nitriles is 2. The molecule has 118 valence electrons. The van der Waals surface area contributed by atoms with Crippen LogP contribution in [0.25, 0.3) is 0 Å². The van der Waals surface area contributed by atoms with E-state index in [4.69, 9.17) is 15.2 Å². The standard InChI is InChI=1S/C14H20N6O2/c1-9-6-10(19-20(2)3)12(7-15)11(17)18-14(21-4,22-5)13(9,12)8-16/h9H,6H2,1-5H3,(H2,17,18)/p+1/b19-10-/t9-,12-,13+/m0/s1. The monoisotopic (exact) mass is 305 g/mol. The van der Waals surface area contributed by atoms with E-state index in [1.807, 2.05) is 6.92 Å². The molecule has 8 nitrogen and oxygen atoms in total. The number of hydrogen-bond donors (Lipinski definition) is 2. The van der Waals surface area contributed by atoms with E-state index in [0.29, 0.717) is 12.1 Å². The lowest BCUT2D eigenvalue weighted by molar-refractivity contribution is -0.692. The van der Waals surface area contributed by atoms with E-state index in [-0.39, 0.29) is 11.8 Å². The van der Waals surface area contributed by atoms with Gasteiger partial charge in [-0.1, -0.05) is 6.92 Å². The molecule has 0 amide bonds. The lowest BCUT2D eigenvalue weighted by Crippen LogP contribution is -2.90. The molecule has 0 bridgehead atoms. The summed E-state index contributed by atoms with van der Waals surface area (Å²) in [5.41, 5.74) is 3.95. The number of ether oxygens (including phenoxy) is 2. The fourth-order valence-electron chi connectivity index (χ4n) is 3.85. The normalized spacial score (nSPS) is 37.3. The van der Waals surface area contributed by atoms with Crippen LogP contribution in [0.3, 0.4) is 0 Å². The largest absolute Gasteiger partial charge is 0.342 e. The van der Waals surface area contributed by atoms with Gasteiger partial charge in [0.1, 0.15) is 0 Å². The molecule has 1 heterocycles. The predicted molar refractivity (Wildman–Crippen MR) is 77.9 cm³/mol. The van der Waals surface area contributed by atoms with E-state index >= 15 is 0 Å². The van der Waals surface area contributed by atoms with Crippen molar-refractivity contribution in [3.05, 3.63) is 0 Å². The molecule has 3 N–H and O–H groups in total. The summed E-state index contributed by atoms with van der Waals surface area (Å²) < 4.78 is 11.0. The molecule has 1 saturated carbocycles. The molecular weight excluding hydrogens is 284 g/mol. The molecule has 1 aliphatic carbocycles. The summed E-state index contributed by atoms with van der Waals surface area (Å²) in [5, 5.41) is 26.0. The summed E-state index contributed by atoms with van der Waals surface area (Å²) in [6.45, 7) is 1.88. The number of methoxy groups -OCH3 is 2. The minimum absolute atomic E-state index is 0.130. The van der Waals surface area contributed by atoms with Crippen LogP contribution in [0.2, 0.25) is 0 Å². The van der Waals surface area contributed by atoms with E-state index < -0.39 is 16.7 Å². The molecule has 0 saturated heterocycles. The number of amidine groups is 1. The van der Waals surface area contributed by atoms with E-state index in [0.717, 1.165) is 0 Å². The number of nitrogens with one attached hydrogen (secondary N) is 1. The van der Waals surface area contributed by atoms with Gasteiger partial charge in [0.15, 0.2) is 5.41 Å². The van der Waals surface area contributed by atoms with Gasteiger partial charge in [-0.15, -0.1) is 0 Å². The van der Waals surface area contributed by atoms with Crippen molar-refractivity contribution in [3.8, 4) is 12.1 Å². The molecule has 2 aliphatic rings. The lowest BCUT2D eigenvalue weighted by Gasteiger charge is -2.38. The van der Waals surface area contributed by atoms with Gasteiger partial charge in [0, 0.05) is 28.3 Å². The number of nitrogens with zero attached hydrogens (tertiary/aromatic N) is 4. The van der Waals surface area contributed by atoms with Gasteiger partial charge in [0.05, 0.1) is 17.9 Å². The molecular formula is C14H21N6O2+. The zero-order valence-corrected chi connectivity index (χ0v) is 13.5. The van der Waals surface area contributed by atoms with Gasteiger partial charge < -0.3 is 14.5 Å². The van der Waals surface area contributed by atoms with Gasteiger partial charge in [0.2, 0.25) is 5.41 Å². The van der Waals surface area contributed by atoms with Crippen molar-refractivity contribution in [3.63, 3.8) is 0 Å². The maximum absolute atomic E-state index is 10.0. The van der Waals surface area contributed by atoms with Crippen LogP contribution in [0.4, 0.5) is 0 Å². The molecule has 0 aromatic rings. The Kier molecular flexibility index (Phi) is 3.64. The molecule has 0 unspecified atom stereocenters. The zero-order valence-electron chi connectivity index (χ0n) is 13.5. The second-order valence-electron chi connectivity index (χ2n) is 5.84. The Bertz CT molecular complexity index is 624. The highest BCUT2D eigenvalue weighted by molar-refractivity contribution is 6.15. The van der Waals surface area contributed by atoms with Crippen LogP contribution >= 0.6 is 0 Å². The van der Waals surface area contributed by atoms with E-state index in [9.17, 15) is 10.5 Å². The summed E-state index contributed by atoms with van der Waals surface area (Å²) in [5.74, 6) is -1.61. The highest BCUT2D eigenvalue weighted by Crippen LogP contribution is 2.60. The third-order valence-electron chi connectivity index (χ3n) is 4.73. The van der Waals surface area contributed by atoms with Crippen molar-refractivity contribution < 1.29 is 14.5 Å². The van der Waals surface area contributed by atoms with Crippen molar-refractivity contribution in [2.75, 3.05) is 28.3 Å². The summed E-state index contributed by atoms with van der Waals surface area (Å²) in [4.78, 5) is 2.89. The van der Waals surface area contributed by atoms with Crippen molar-refractivity contribution in [2.24, 2.45) is 27.6 Å². The van der Waals surface area contributed by atoms with Gasteiger partial charge >= 0.3 is 5.91 Å². The SMILES string of the molecule is COC1(OC)[NH+]=C(N)[C@]2(C#N)/C(=N\N(C)C)C[C@H](C)[C@@]12C#N. The van der Waals surface area contributed by atoms with Crippen LogP contribution in [0.5, 0.6) is 0 Å². The molecule has 0 radical (unpaired) electrons. The topological polar surface area (TPSA) is 122 Å². The number of fused-ring (bicyclic) bond motifs is 1. The van der Waals surface area contributed by atoms with Crippen molar-refractivity contribution >= 4 is 11.5 Å². The highest BCUT2D eigenvalue weighted by atomic mass is 16.7. The fraction of sp³-hybridized carbons (Fsp3) is 0.714. The predicted octanol–water partition coefficient (Wildman–Crippen LogP) is -1.64. The second-order valence-corrected chi connectivity index (χ2v) is 5.84. The van der Waals surface area contributed by atoms with Crippen LogP contribution in [-0.4, -0.2) is 50.8 Å². The first-order valence-corrected chi connectivity index (χ1v) is 6.91. The Morgan fingerprint density at radius 1 is 1.32 bits per heavy atom. The van der Waals surface area contributed by atoms with E-state index in [1.165, 1.54) is 14.2 Å². The first kappa shape index (κ1) is 16.2. The quantitative estimate of drug-likeness (QED) is 0.476. The van der Waals surface area contributed by atoms with Gasteiger partial charge in [0.25, 0.3) is 5.84 Å². The summed E-state index contributed by atoms with van der Waals surface area (Å²) in [7, 11) is 6.36. The molecule has 8 heteroatoms. The summed E-state index contributed by atoms with van der Waals surface area (Å²) in [6.07, 6.45) is 0.455. The van der Waals surface area contributed by atoms with Gasteiger partial charge in [-0.3, -0.25) is 5.73 Å². The Balaban J connectivity index is 2.86. The van der Waals surface area contributed by atoms with Crippen molar-refractivity contribution in [2.45, 2.75) is 19.3 Å². The molecule has 0 aromatic carbocycles. The lowest BCUT2D eigenvalue weighted by atomic mass is 9.62. The number of hydrazone groups is 1. The molecule has 0 aromatic heterocycles. The summed E-state index contributed by atoms with van der Waals surface area (Å²) in [6, 6.07) is 4.50. The van der Waals surface area contributed by atoms with E-state index in [1.54, 1.807) is 19.1 Å². The second kappa shape index (κ2) is 4.94. The van der Waals surface area contributed by atoms with Crippen LogP contribution in [0, 0.1) is 39.4 Å². The molecule has 22 heavy (non-hydrogen) atoms. The average Bonchev–Trinajstić information content (AvgIpc) is 2.86. The average molecular weight is 305 g/mol. The zero-order chi connectivity index (χ0) is 16.8. The Morgan fingerprint density at radius 2 is 1.91 bits per heavy atom. The van der Waals surface area contributed by atoms with Crippen LogP contribution in [0.15, 0.2) is 5.10 Å². The molecule has 2 rings (SSSR count). The maximum Gasteiger partial charge on any atom is 0.342 e. The molecule has 1 fully saturated rings. The van der Waals surface area contributed by atoms with Crippen LogP contribution in [0.1, 0.15) is 13.3 Å². The fourth-order valence-corrected chi connectivity index (χ4v) is 3.85. The van der Waals surface area contributed by atoms with Crippen molar-refractivity contribution in [1.82, 2.24) is 5.01 Å². The van der Waals surface area contributed by atoms with Crippen LogP contribution in [-0.2, 0) is 9.47 Å². The Morgan fingerprint density at radius 3 is 2.32 bits per heavy atom. The highest BCUT2D eigenvalue weighted by Gasteiger charge is 2.83. The number of rotatable bonds is 3. The van der Waals surface area contributed by atoms with Crippen LogP contribution < -0.4 is 10.7 Å². The minimum Gasteiger partial charge on any atom is -0.317 e. The third kappa shape index (κ3) is 1.46. The Hall–Kier alpha value is -2.16. The smallest absolute Gasteiger partial charge is 0.317 e. The summed E-state index contributed by atoms with van der Waals surface area (Å²) >= 11 is 0. The van der Waals surface area contributed by atoms with Gasteiger partial charge in [-0.25, -0.2) is 4.99 Å².